The number of piperidine rings is 1. The van der Waals surface area contributed by atoms with Gasteiger partial charge in [0.2, 0.25) is 10.0 Å². The minimum absolute atomic E-state index is 0.0110. The summed E-state index contributed by atoms with van der Waals surface area (Å²) in [5, 5.41) is 4.21. The van der Waals surface area contributed by atoms with E-state index in [4.69, 9.17) is 16.3 Å². The van der Waals surface area contributed by atoms with Gasteiger partial charge in [-0.05, 0) is 26.2 Å². The van der Waals surface area contributed by atoms with Crippen molar-refractivity contribution >= 4 is 27.7 Å². The molecule has 8 nitrogen and oxygen atoms in total. The van der Waals surface area contributed by atoms with Crippen LogP contribution >= 0.6 is 11.6 Å². The maximum absolute atomic E-state index is 12.9. The Morgan fingerprint density at radius 3 is 2.48 bits per heavy atom. The Hall–Kier alpha value is -1.32. The van der Waals surface area contributed by atoms with E-state index in [1.807, 2.05) is 6.92 Å². The molecule has 3 rings (SSSR count). The quantitative estimate of drug-likeness (QED) is 0.782. The van der Waals surface area contributed by atoms with Crippen molar-refractivity contribution in [1.29, 1.82) is 0 Å². The van der Waals surface area contributed by atoms with Crippen LogP contribution in [-0.2, 0) is 21.8 Å². The van der Waals surface area contributed by atoms with Gasteiger partial charge in [-0.3, -0.25) is 9.58 Å². The van der Waals surface area contributed by atoms with Crippen LogP contribution in [0.4, 0.5) is 4.79 Å². The van der Waals surface area contributed by atoms with E-state index in [-0.39, 0.29) is 28.2 Å². The molecule has 2 aliphatic heterocycles. The molecular formula is C15H23ClN4O4S. The fourth-order valence-electron chi connectivity index (χ4n) is 3.63. The van der Waals surface area contributed by atoms with Crippen LogP contribution in [0, 0.1) is 6.92 Å². The molecule has 2 fully saturated rings. The maximum Gasteiger partial charge on any atom is 0.410 e. The number of carbonyl (C=O) groups excluding carboxylic acids is 1. The summed E-state index contributed by atoms with van der Waals surface area (Å²) in [7, 11) is -2.08. The monoisotopic (exact) mass is 390 g/mol. The van der Waals surface area contributed by atoms with E-state index < -0.39 is 10.0 Å². The van der Waals surface area contributed by atoms with E-state index in [9.17, 15) is 13.2 Å². The molecule has 0 aliphatic carbocycles. The van der Waals surface area contributed by atoms with Crippen LogP contribution in [0.1, 0.15) is 31.9 Å². The van der Waals surface area contributed by atoms with E-state index in [0.29, 0.717) is 38.2 Å². The zero-order valence-electron chi connectivity index (χ0n) is 14.6. The fourth-order valence-corrected chi connectivity index (χ4v) is 5.80. The summed E-state index contributed by atoms with van der Waals surface area (Å²) < 4.78 is 33.8. The van der Waals surface area contributed by atoms with Crippen LogP contribution in [0.15, 0.2) is 4.90 Å². The number of nitrogens with zero attached hydrogens (tertiary/aromatic N) is 4. The van der Waals surface area contributed by atoms with E-state index in [1.54, 1.807) is 18.9 Å². The molecule has 1 amide bonds. The lowest BCUT2D eigenvalue weighted by molar-refractivity contribution is 0.124. The third-order valence-corrected chi connectivity index (χ3v) is 7.58. The zero-order chi connectivity index (χ0) is 18.4. The highest BCUT2D eigenvalue weighted by Gasteiger charge is 2.41. The van der Waals surface area contributed by atoms with E-state index >= 15 is 0 Å². The van der Waals surface area contributed by atoms with Crippen LogP contribution < -0.4 is 0 Å². The Labute approximate surface area is 152 Å². The summed E-state index contributed by atoms with van der Waals surface area (Å²) in [5.74, 6) is 0. The maximum atomic E-state index is 12.9. The van der Waals surface area contributed by atoms with Crippen LogP contribution in [0.2, 0.25) is 5.15 Å². The molecule has 1 aromatic heterocycles. The van der Waals surface area contributed by atoms with Crippen molar-refractivity contribution in [1.82, 2.24) is 19.0 Å². The predicted octanol–water partition coefficient (Wildman–Crippen LogP) is 1.77. The first-order valence-corrected chi connectivity index (χ1v) is 10.2. The number of ether oxygens (including phenoxy) is 1. The second-order valence-corrected chi connectivity index (χ2v) is 8.74. The SMILES string of the molecule is CCC1COC(=O)N1C1CCN(S(=O)(=O)c2c(C)nn(C)c2Cl)CC1. The molecule has 0 aromatic carbocycles. The standard InChI is InChI=1S/C15H23ClN4O4S/c1-4-11-9-24-15(21)20(11)12-5-7-19(8-6-12)25(22,23)13-10(2)17-18(3)14(13)16/h11-12H,4-9H2,1-3H3. The molecule has 2 aliphatic rings. The fraction of sp³-hybridized carbons (Fsp3) is 0.733. The van der Waals surface area contributed by atoms with Crippen molar-refractivity contribution < 1.29 is 17.9 Å². The van der Waals surface area contributed by atoms with Gasteiger partial charge < -0.3 is 4.74 Å². The molecule has 10 heteroatoms. The summed E-state index contributed by atoms with van der Waals surface area (Å²) in [6.07, 6.45) is 1.71. The lowest BCUT2D eigenvalue weighted by atomic mass is 10.0. The molecule has 0 bridgehead atoms. The van der Waals surface area contributed by atoms with Crippen LogP contribution in [0.5, 0.6) is 0 Å². The first-order chi connectivity index (χ1) is 11.8. The number of halogens is 1. The van der Waals surface area contributed by atoms with Crippen molar-refractivity contribution in [2.24, 2.45) is 7.05 Å². The molecule has 140 valence electrons. The molecule has 2 saturated heterocycles. The summed E-state index contributed by atoms with van der Waals surface area (Å²) in [5.41, 5.74) is 0.392. The molecule has 0 radical (unpaired) electrons. The largest absolute Gasteiger partial charge is 0.447 e. The van der Waals surface area contributed by atoms with Crippen molar-refractivity contribution in [2.45, 2.75) is 50.1 Å². The number of cyclic esters (lactones) is 1. The Morgan fingerprint density at radius 1 is 1.32 bits per heavy atom. The van der Waals surface area contributed by atoms with Gasteiger partial charge in [-0.1, -0.05) is 18.5 Å². The minimum Gasteiger partial charge on any atom is -0.447 e. The van der Waals surface area contributed by atoms with Gasteiger partial charge in [-0.25, -0.2) is 13.2 Å². The van der Waals surface area contributed by atoms with Crippen molar-refractivity contribution in [3.05, 3.63) is 10.8 Å². The van der Waals surface area contributed by atoms with Gasteiger partial charge in [0.15, 0.2) is 0 Å². The average Bonchev–Trinajstić information content (AvgIpc) is 3.07. The van der Waals surface area contributed by atoms with Gasteiger partial charge in [0, 0.05) is 26.2 Å². The Balaban J connectivity index is 1.75. The number of sulfonamides is 1. The molecule has 1 unspecified atom stereocenters. The van der Waals surface area contributed by atoms with Gasteiger partial charge in [-0.15, -0.1) is 0 Å². The van der Waals surface area contributed by atoms with Crippen LogP contribution in [0.3, 0.4) is 0 Å². The second-order valence-electron chi connectivity index (χ2n) is 6.51. The van der Waals surface area contributed by atoms with Gasteiger partial charge in [-0.2, -0.15) is 9.40 Å². The molecule has 25 heavy (non-hydrogen) atoms. The van der Waals surface area contributed by atoms with Crippen molar-refractivity contribution in [3.8, 4) is 0 Å². The third-order valence-electron chi connectivity index (χ3n) is 4.99. The molecule has 3 heterocycles. The molecule has 0 N–H and O–H groups in total. The van der Waals surface area contributed by atoms with Gasteiger partial charge in [0.1, 0.15) is 16.7 Å². The Morgan fingerprint density at radius 2 is 1.96 bits per heavy atom. The van der Waals surface area contributed by atoms with Crippen molar-refractivity contribution in [2.75, 3.05) is 19.7 Å². The normalized spacial score (nSPS) is 23.3. The Bertz CT molecular complexity index is 771. The predicted molar refractivity (Wildman–Crippen MR) is 92.0 cm³/mol. The lowest BCUT2D eigenvalue weighted by Gasteiger charge is -2.37. The highest BCUT2D eigenvalue weighted by molar-refractivity contribution is 7.89. The minimum atomic E-state index is -3.70. The first kappa shape index (κ1) is 18.5. The summed E-state index contributed by atoms with van der Waals surface area (Å²) in [4.78, 5) is 13.8. The number of amides is 1. The number of hydrogen-bond donors (Lipinski definition) is 0. The second kappa shape index (κ2) is 6.77. The van der Waals surface area contributed by atoms with Gasteiger partial charge >= 0.3 is 6.09 Å². The smallest absolute Gasteiger partial charge is 0.410 e. The molecule has 0 saturated carbocycles. The van der Waals surface area contributed by atoms with Crippen molar-refractivity contribution in [3.63, 3.8) is 0 Å². The van der Waals surface area contributed by atoms with Crippen LogP contribution in [-0.4, -0.2) is 65.3 Å². The lowest BCUT2D eigenvalue weighted by Crippen LogP contribution is -2.49. The topological polar surface area (TPSA) is 84.7 Å². The Kier molecular flexibility index (Phi) is 5.00. The first-order valence-electron chi connectivity index (χ1n) is 8.41. The number of carbonyl (C=O) groups is 1. The molecule has 1 atom stereocenters. The molecular weight excluding hydrogens is 368 g/mol. The zero-order valence-corrected chi connectivity index (χ0v) is 16.2. The van der Waals surface area contributed by atoms with E-state index in [0.717, 1.165) is 6.42 Å². The summed E-state index contributed by atoms with van der Waals surface area (Å²) >= 11 is 6.13. The molecule has 1 aromatic rings. The van der Waals surface area contributed by atoms with E-state index in [1.165, 1.54) is 8.99 Å². The molecule has 0 spiro atoms. The third kappa shape index (κ3) is 3.13. The number of aromatic nitrogens is 2. The summed E-state index contributed by atoms with van der Waals surface area (Å²) in [6, 6.07) is 0.0903. The summed E-state index contributed by atoms with van der Waals surface area (Å²) in [6.45, 7) is 4.76. The average molecular weight is 391 g/mol. The van der Waals surface area contributed by atoms with Crippen LogP contribution in [0.25, 0.3) is 0 Å². The number of hydrogen-bond acceptors (Lipinski definition) is 5. The number of rotatable bonds is 4. The number of aryl methyl sites for hydroxylation is 2. The van der Waals surface area contributed by atoms with E-state index in [2.05, 4.69) is 5.10 Å². The highest BCUT2D eigenvalue weighted by atomic mass is 35.5. The van der Waals surface area contributed by atoms with Gasteiger partial charge in [0.25, 0.3) is 0 Å². The highest BCUT2D eigenvalue weighted by Crippen LogP contribution is 2.31. The van der Waals surface area contributed by atoms with Gasteiger partial charge in [0.05, 0.1) is 11.7 Å².